The van der Waals surface area contributed by atoms with E-state index < -0.39 is 17.6 Å². The highest BCUT2D eigenvalue weighted by Gasteiger charge is 2.64. The van der Waals surface area contributed by atoms with Gasteiger partial charge in [0.05, 0.1) is 0 Å². The normalized spacial score (nSPS) is 20.9. The number of hydrogen-bond acceptors (Lipinski definition) is 2. The van der Waals surface area contributed by atoms with Gasteiger partial charge in [0, 0.05) is 12.5 Å². The molecule has 1 aliphatic carbocycles. The Morgan fingerprint density at radius 1 is 1.53 bits per heavy atom. The van der Waals surface area contributed by atoms with Crippen LogP contribution in [0, 0.1) is 0 Å². The highest BCUT2D eigenvalue weighted by atomic mass is 19.4. The summed E-state index contributed by atoms with van der Waals surface area (Å²) in [6.07, 6.45) is -3.87. The standard InChI is InChI=1S/C9H15F3N2O/c1-2-6(13)5-7(15)14-8(3-4-8)9(10,11)12/h6H,2-5,13H2,1H3,(H,14,15). The molecule has 1 unspecified atom stereocenters. The van der Waals surface area contributed by atoms with Gasteiger partial charge in [-0.3, -0.25) is 4.79 Å². The predicted octanol–water partition coefficient (Wildman–Crippen LogP) is 1.32. The van der Waals surface area contributed by atoms with Crippen LogP contribution in [0.5, 0.6) is 0 Å². The van der Waals surface area contributed by atoms with E-state index in [1.807, 2.05) is 5.32 Å². The summed E-state index contributed by atoms with van der Waals surface area (Å²) in [7, 11) is 0. The van der Waals surface area contributed by atoms with Gasteiger partial charge in [-0.25, -0.2) is 0 Å². The van der Waals surface area contributed by atoms with Gasteiger partial charge < -0.3 is 11.1 Å². The third-order valence-electron chi connectivity index (χ3n) is 2.64. The largest absolute Gasteiger partial charge is 0.411 e. The zero-order chi connectivity index (χ0) is 11.7. The number of nitrogens with two attached hydrogens (primary N) is 1. The van der Waals surface area contributed by atoms with Gasteiger partial charge in [-0.1, -0.05) is 6.92 Å². The molecule has 0 aromatic carbocycles. The Morgan fingerprint density at radius 3 is 2.40 bits per heavy atom. The van der Waals surface area contributed by atoms with Crippen molar-refractivity contribution in [2.24, 2.45) is 5.73 Å². The molecule has 0 aromatic heterocycles. The Morgan fingerprint density at radius 2 is 2.07 bits per heavy atom. The minimum absolute atomic E-state index is 0.0242. The lowest BCUT2D eigenvalue weighted by Crippen LogP contribution is -2.48. The third kappa shape index (κ3) is 2.84. The molecule has 0 heterocycles. The number of alkyl halides is 3. The van der Waals surface area contributed by atoms with Gasteiger partial charge in [0.15, 0.2) is 0 Å². The summed E-state index contributed by atoms with van der Waals surface area (Å²) in [6.45, 7) is 1.79. The van der Waals surface area contributed by atoms with Crippen LogP contribution >= 0.6 is 0 Å². The molecule has 3 nitrogen and oxygen atoms in total. The molecule has 0 saturated heterocycles. The molecule has 6 heteroatoms. The summed E-state index contributed by atoms with van der Waals surface area (Å²) in [6, 6.07) is -0.367. The predicted molar refractivity (Wildman–Crippen MR) is 49.0 cm³/mol. The first-order chi connectivity index (χ1) is 6.81. The molecule has 0 aliphatic heterocycles. The fourth-order valence-corrected chi connectivity index (χ4v) is 1.30. The van der Waals surface area contributed by atoms with Gasteiger partial charge in [0.1, 0.15) is 5.54 Å². The second-order valence-electron chi connectivity index (χ2n) is 4.00. The average Bonchev–Trinajstić information content (AvgIpc) is 2.83. The van der Waals surface area contributed by atoms with E-state index in [9.17, 15) is 18.0 Å². The van der Waals surface area contributed by atoms with E-state index >= 15 is 0 Å². The Hall–Kier alpha value is -0.780. The molecule has 0 aromatic rings. The van der Waals surface area contributed by atoms with E-state index in [-0.39, 0.29) is 25.3 Å². The molecule has 88 valence electrons. The van der Waals surface area contributed by atoms with Crippen molar-refractivity contribution in [3.8, 4) is 0 Å². The van der Waals surface area contributed by atoms with Crippen molar-refractivity contribution in [3.63, 3.8) is 0 Å². The van der Waals surface area contributed by atoms with Crippen LogP contribution in [-0.4, -0.2) is 23.7 Å². The van der Waals surface area contributed by atoms with Crippen LogP contribution in [0.1, 0.15) is 32.6 Å². The summed E-state index contributed by atoms with van der Waals surface area (Å²) in [4.78, 5) is 11.2. The molecule has 0 bridgehead atoms. The van der Waals surface area contributed by atoms with Gasteiger partial charge in [-0.2, -0.15) is 13.2 Å². The average molecular weight is 224 g/mol. The van der Waals surface area contributed by atoms with Gasteiger partial charge in [-0.15, -0.1) is 0 Å². The lowest BCUT2D eigenvalue weighted by atomic mass is 10.1. The summed E-state index contributed by atoms with van der Waals surface area (Å²) in [5.74, 6) is -0.612. The Kier molecular flexibility index (Phi) is 3.28. The fourth-order valence-electron chi connectivity index (χ4n) is 1.30. The zero-order valence-corrected chi connectivity index (χ0v) is 8.53. The SMILES string of the molecule is CCC(N)CC(=O)NC1(C(F)(F)F)CC1. The highest BCUT2D eigenvalue weighted by Crippen LogP contribution is 2.48. The molecule has 1 fully saturated rings. The van der Waals surface area contributed by atoms with Crippen LogP contribution in [0.4, 0.5) is 13.2 Å². The van der Waals surface area contributed by atoms with Gasteiger partial charge in [-0.05, 0) is 19.3 Å². The van der Waals surface area contributed by atoms with E-state index in [0.29, 0.717) is 6.42 Å². The molecule has 1 saturated carbocycles. The molecule has 1 amide bonds. The number of carbonyl (C=O) groups is 1. The zero-order valence-electron chi connectivity index (χ0n) is 8.53. The Labute approximate surface area is 86.2 Å². The van der Waals surface area contributed by atoms with Crippen LogP contribution in [0.3, 0.4) is 0 Å². The maximum atomic E-state index is 12.4. The monoisotopic (exact) mass is 224 g/mol. The summed E-state index contributed by atoms with van der Waals surface area (Å²) >= 11 is 0. The van der Waals surface area contributed by atoms with Crippen LogP contribution < -0.4 is 11.1 Å². The molecule has 0 spiro atoms. The van der Waals surface area contributed by atoms with Crippen molar-refractivity contribution in [1.29, 1.82) is 0 Å². The van der Waals surface area contributed by atoms with Crippen LogP contribution in [0.25, 0.3) is 0 Å². The molecular weight excluding hydrogens is 209 g/mol. The fraction of sp³-hybridized carbons (Fsp3) is 0.889. The summed E-state index contributed by atoms with van der Waals surface area (Å²) in [5, 5.41) is 2.03. The topological polar surface area (TPSA) is 55.1 Å². The molecule has 15 heavy (non-hydrogen) atoms. The lowest BCUT2D eigenvalue weighted by molar-refractivity contribution is -0.170. The first-order valence-corrected chi connectivity index (χ1v) is 4.94. The van der Waals surface area contributed by atoms with Crippen molar-refractivity contribution in [1.82, 2.24) is 5.32 Å². The quantitative estimate of drug-likeness (QED) is 0.756. The number of nitrogens with one attached hydrogen (secondary N) is 1. The third-order valence-corrected chi connectivity index (χ3v) is 2.64. The van der Waals surface area contributed by atoms with Crippen LogP contribution in [0.2, 0.25) is 0 Å². The van der Waals surface area contributed by atoms with Gasteiger partial charge in [0.2, 0.25) is 5.91 Å². The molecule has 1 atom stereocenters. The first-order valence-electron chi connectivity index (χ1n) is 4.94. The van der Waals surface area contributed by atoms with Crippen LogP contribution in [0.15, 0.2) is 0 Å². The molecule has 1 rings (SSSR count). The highest BCUT2D eigenvalue weighted by molar-refractivity contribution is 5.78. The second-order valence-corrected chi connectivity index (χ2v) is 4.00. The van der Waals surface area contributed by atoms with E-state index in [0.717, 1.165) is 0 Å². The maximum Gasteiger partial charge on any atom is 0.411 e. The minimum Gasteiger partial charge on any atom is -0.342 e. The summed E-state index contributed by atoms with van der Waals surface area (Å²) < 4.78 is 37.3. The van der Waals surface area contributed by atoms with E-state index in [1.165, 1.54) is 0 Å². The van der Waals surface area contributed by atoms with E-state index in [1.54, 1.807) is 6.92 Å². The minimum atomic E-state index is -4.35. The number of rotatable bonds is 4. The lowest BCUT2D eigenvalue weighted by Gasteiger charge is -2.21. The molecular formula is C9H15F3N2O. The van der Waals surface area contributed by atoms with Crippen molar-refractivity contribution in [2.75, 3.05) is 0 Å². The van der Waals surface area contributed by atoms with Gasteiger partial charge >= 0.3 is 6.18 Å². The van der Waals surface area contributed by atoms with Crippen molar-refractivity contribution < 1.29 is 18.0 Å². The molecule has 1 aliphatic rings. The van der Waals surface area contributed by atoms with Gasteiger partial charge in [0.25, 0.3) is 0 Å². The number of carbonyl (C=O) groups excluding carboxylic acids is 1. The second kappa shape index (κ2) is 4.00. The van der Waals surface area contributed by atoms with Crippen molar-refractivity contribution in [3.05, 3.63) is 0 Å². The maximum absolute atomic E-state index is 12.4. The Balaban J connectivity index is 2.45. The molecule has 3 N–H and O–H groups in total. The van der Waals surface area contributed by atoms with Crippen molar-refractivity contribution in [2.45, 2.75) is 50.4 Å². The van der Waals surface area contributed by atoms with Crippen molar-refractivity contribution >= 4 is 5.91 Å². The van der Waals surface area contributed by atoms with Crippen LogP contribution in [-0.2, 0) is 4.79 Å². The molecule has 0 radical (unpaired) electrons. The number of amides is 1. The summed E-state index contributed by atoms with van der Waals surface area (Å²) in [5.41, 5.74) is 3.52. The first kappa shape index (κ1) is 12.3. The smallest absolute Gasteiger partial charge is 0.342 e. The number of hydrogen-bond donors (Lipinski definition) is 2. The van der Waals surface area contributed by atoms with E-state index in [2.05, 4.69) is 0 Å². The Bertz CT molecular complexity index is 248. The number of halogens is 3. The van der Waals surface area contributed by atoms with E-state index in [4.69, 9.17) is 5.73 Å².